The number of ether oxygens (including phenoxy) is 2. The molecule has 0 radical (unpaired) electrons. The summed E-state index contributed by atoms with van der Waals surface area (Å²) in [5, 5.41) is 0.342. The van der Waals surface area contributed by atoms with Crippen molar-refractivity contribution >= 4 is 11.6 Å². The molecule has 1 aliphatic rings. The minimum Gasteiger partial charge on any atom is -0.382 e. The Hall–Kier alpha value is 0.210. The van der Waals surface area contributed by atoms with Gasteiger partial charge >= 0.3 is 0 Å². The van der Waals surface area contributed by atoms with Gasteiger partial charge in [-0.25, -0.2) is 0 Å². The summed E-state index contributed by atoms with van der Waals surface area (Å²) in [5.41, 5.74) is 0.409. The second-order valence-corrected chi connectivity index (χ2v) is 7.11. The third kappa shape index (κ3) is 5.46. The van der Waals surface area contributed by atoms with Crippen LogP contribution >= 0.6 is 11.6 Å². The molecule has 3 unspecified atom stereocenters. The smallest absolute Gasteiger partial charge is 0.0700 e. The molecule has 1 saturated carbocycles. The van der Waals surface area contributed by atoms with Crippen LogP contribution in [0.3, 0.4) is 0 Å². The highest BCUT2D eigenvalue weighted by Gasteiger charge is 2.34. The molecule has 0 amide bonds. The molecule has 0 heterocycles. The summed E-state index contributed by atoms with van der Waals surface area (Å²) < 4.78 is 10.5. The number of rotatable bonds is 6. The van der Waals surface area contributed by atoms with Crippen LogP contribution in [-0.4, -0.2) is 32.3 Å². The van der Waals surface area contributed by atoms with Crippen LogP contribution in [0.5, 0.6) is 0 Å². The van der Waals surface area contributed by atoms with E-state index in [1.165, 1.54) is 12.8 Å². The van der Waals surface area contributed by atoms with Crippen molar-refractivity contribution in [2.24, 2.45) is 17.3 Å². The van der Waals surface area contributed by atoms with Gasteiger partial charge in [0, 0.05) is 19.1 Å². The van der Waals surface area contributed by atoms with Gasteiger partial charge in [0.25, 0.3) is 0 Å². The van der Waals surface area contributed by atoms with E-state index in [9.17, 15) is 0 Å². The van der Waals surface area contributed by atoms with Crippen molar-refractivity contribution in [2.75, 3.05) is 26.9 Å². The van der Waals surface area contributed by atoms with Gasteiger partial charge in [-0.15, -0.1) is 11.6 Å². The van der Waals surface area contributed by atoms with E-state index in [1.54, 1.807) is 7.11 Å². The van der Waals surface area contributed by atoms with Crippen molar-refractivity contribution in [2.45, 2.75) is 51.8 Å². The molecule has 0 aromatic carbocycles. The standard InChI is InChI=1S/C15H29ClO2/c1-15(2,3)13-5-6-14(16)12(11-13)7-8-18-10-9-17-4/h12-14H,5-11H2,1-4H3. The van der Waals surface area contributed by atoms with E-state index in [0.29, 0.717) is 29.9 Å². The monoisotopic (exact) mass is 276 g/mol. The van der Waals surface area contributed by atoms with E-state index < -0.39 is 0 Å². The molecule has 1 aliphatic carbocycles. The molecule has 0 spiro atoms. The first kappa shape index (κ1) is 16.3. The van der Waals surface area contributed by atoms with Crippen molar-refractivity contribution in [1.82, 2.24) is 0 Å². The maximum atomic E-state index is 6.46. The van der Waals surface area contributed by atoms with Gasteiger partial charge in [-0.3, -0.25) is 0 Å². The summed E-state index contributed by atoms with van der Waals surface area (Å²) in [7, 11) is 1.70. The molecule has 1 rings (SSSR count). The van der Waals surface area contributed by atoms with Crippen LogP contribution in [0, 0.1) is 17.3 Å². The van der Waals surface area contributed by atoms with Crippen LogP contribution in [0.15, 0.2) is 0 Å². The molecule has 108 valence electrons. The molecular formula is C15H29ClO2. The van der Waals surface area contributed by atoms with Crippen LogP contribution < -0.4 is 0 Å². The predicted molar refractivity (Wildman–Crippen MR) is 77.2 cm³/mol. The highest BCUT2D eigenvalue weighted by Crippen LogP contribution is 2.42. The first-order chi connectivity index (χ1) is 8.45. The zero-order valence-corrected chi connectivity index (χ0v) is 13.1. The Morgan fingerprint density at radius 3 is 2.44 bits per heavy atom. The van der Waals surface area contributed by atoms with Crippen molar-refractivity contribution in [3.63, 3.8) is 0 Å². The zero-order valence-electron chi connectivity index (χ0n) is 12.4. The maximum absolute atomic E-state index is 6.46. The van der Waals surface area contributed by atoms with Gasteiger partial charge < -0.3 is 9.47 Å². The molecule has 3 atom stereocenters. The van der Waals surface area contributed by atoms with Gasteiger partial charge in [0.1, 0.15) is 0 Å². The second kappa shape index (κ2) is 7.72. The number of hydrogen-bond donors (Lipinski definition) is 0. The molecule has 18 heavy (non-hydrogen) atoms. The summed E-state index contributed by atoms with van der Waals surface area (Å²) in [6.45, 7) is 9.22. The highest BCUT2D eigenvalue weighted by atomic mass is 35.5. The molecule has 3 heteroatoms. The van der Waals surface area contributed by atoms with Gasteiger partial charge in [-0.05, 0) is 42.9 Å². The van der Waals surface area contributed by atoms with Crippen LogP contribution in [0.1, 0.15) is 46.5 Å². The normalized spacial score (nSPS) is 29.5. The van der Waals surface area contributed by atoms with E-state index in [1.807, 2.05) is 0 Å². The lowest BCUT2D eigenvalue weighted by atomic mass is 9.68. The zero-order chi connectivity index (χ0) is 13.6. The summed E-state index contributed by atoms with van der Waals surface area (Å²) in [4.78, 5) is 0. The van der Waals surface area contributed by atoms with Gasteiger partial charge in [0.05, 0.1) is 13.2 Å². The average Bonchev–Trinajstić information content (AvgIpc) is 2.29. The lowest BCUT2D eigenvalue weighted by Gasteiger charge is -2.40. The van der Waals surface area contributed by atoms with E-state index >= 15 is 0 Å². The van der Waals surface area contributed by atoms with Crippen molar-refractivity contribution in [3.8, 4) is 0 Å². The fraction of sp³-hybridized carbons (Fsp3) is 1.00. The molecule has 2 nitrogen and oxygen atoms in total. The topological polar surface area (TPSA) is 18.5 Å². The largest absolute Gasteiger partial charge is 0.382 e. The number of halogens is 1. The summed E-state index contributed by atoms with van der Waals surface area (Å²) in [6, 6.07) is 0. The van der Waals surface area contributed by atoms with E-state index in [4.69, 9.17) is 21.1 Å². The first-order valence-electron chi connectivity index (χ1n) is 7.16. The van der Waals surface area contributed by atoms with E-state index in [2.05, 4.69) is 20.8 Å². The molecular weight excluding hydrogens is 248 g/mol. The summed E-state index contributed by atoms with van der Waals surface area (Å²) in [5.74, 6) is 1.42. The summed E-state index contributed by atoms with van der Waals surface area (Å²) >= 11 is 6.46. The second-order valence-electron chi connectivity index (χ2n) is 6.55. The van der Waals surface area contributed by atoms with Gasteiger partial charge in [0.2, 0.25) is 0 Å². The van der Waals surface area contributed by atoms with Crippen LogP contribution in [0.4, 0.5) is 0 Å². The quantitative estimate of drug-likeness (QED) is 0.537. The van der Waals surface area contributed by atoms with Gasteiger partial charge in [-0.2, -0.15) is 0 Å². The number of alkyl halides is 1. The molecule has 0 saturated heterocycles. The van der Waals surface area contributed by atoms with Crippen molar-refractivity contribution < 1.29 is 9.47 Å². The van der Waals surface area contributed by atoms with Crippen molar-refractivity contribution in [3.05, 3.63) is 0 Å². The molecule has 0 N–H and O–H groups in total. The van der Waals surface area contributed by atoms with E-state index in [0.717, 1.165) is 25.4 Å². The average molecular weight is 277 g/mol. The molecule has 0 bridgehead atoms. The van der Waals surface area contributed by atoms with Gasteiger partial charge in [0.15, 0.2) is 0 Å². The number of hydrogen-bond acceptors (Lipinski definition) is 2. The van der Waals surface area contributed by atoms with Crippen molar-refractivity contribution in [1.29, 1.82) is 0 Å². The molecule has 0 aromatic rings. The fourth-order valence-electron chi connectivity index (χ4n) is 2.79. The molecule has 0 aromatic heterocycles. The van der Waals surface area contributed by atoms with Crippen LogP contribution in [0.25, 0.3) is 0 Å². The lowest BCUT2D eigenvalue weighted by molar-refractivity contribution is 0.0543. The third-order valence-corrected chi connectivity index (χ3v) is 4.75. The SMILES string of the molecule is COCCOCCC1CC(C(C)(C)C)CCC1Cl. The minimum absolute atomic E-state index is 0.342. The van der Waals surface area contributed by atoms with Crippen LogP contribution in [-0.2, 0) is 9.47 Å². The Labute approximate surface area is 117 Å². The Kier molecular flexibility index (Phi) is 6.97. The Morgan fingerprint density at radius 2 is 1.83 bits per heavy atom. The molecule has 1 fully saturated rings. The summed E-state index contributed by atoms with van der Waals surface area (Å²) in [6.07, 6.45) is 4.78. The van der Waals surface area contributed by atoms with E-state index in [-0.39, 0.29) is 0 Å². The maximum Gasteiger partial charge on any atom is 0.0700 e. The Morgan fingerprint density at radius 1 is 1.11 bits per heavy atom. The number of methoxy groups -OCH3 is 1. The predicted octanol–water partition coefficient (Wildman–Crippen LogP) is 4.11. The fourth-order valence-corrected chi connectivity index (χ4v) is 3.15. The molecule has 0 aliphatic heterocycles. The first-order valence-corrected chi connectivity index (χ1v) is 7.59. The highest BCUT2D eigenvalue weighted by molar-refractivity contribution is 6.20. The Balaban J connectivity index is 2.29. The van der Waals surface area contributed by atoms with Gasteiger partial charge in [-0.1, -0.05) is 20.8 Å². The minimum atomic E-state index is 0.342. The van der Waals surface area contributed by atoms with Crippen LogP contribution in [0.2, 0.25) is 0 Å². The third-order valence-electron chi connectivity index (χ3n) is 4.18. The Bertz CT molecular complexity index is 225. The lowest BCUT2D eigenvalue weighted by Crippen LogP contribution is -2.33.